The van der Waals surface area contributed by atoms with Gasteiger partial charge in [-0.05, 0) is 76.2 Å². The lowest BCUT2D eigenvalue weighted by molar-refractivity contribution is 0.291. The molecule has 0 heterocycles. The fraction of sp³-hybridized carbons (Fsp3) is 0.700. The van der Waals surface area contributed by atoms with Gasteiger partial charge in [0.05, 0.1) is 7.11 Å². The number of rotatable bonds is 7. The first kappa shape index (κ1) is 19.0. The van der Waals surface area contributed by atoms with Gasteiger partial charge >= 0.3 is 0 Å². The number of allylic oxidation sites excluding steroid dienone is 5. The summed E-state index contributed by atoms with van der Waals surface area (Å²) in [6, 6.07) is 0. The lowest BCUT2D eigenvalue weighted by Crippen LogP contribution is -2.13. The van der Waals surface area contributed by atoms with Gasteiger partial charge in [-0.2, -0.15) is 0 Å². The Kier molecular flexibility index (Phi) is 7.95. The van der Waals surface area contributed by atoms with Crippen molar-refractivity contribution in [1.29, 1.82) is 0 Å². The smallest absolute Gasteiger partial charge is 0.118 e. The summed E-state index contributed by atoms with van der Waals surface area (Å²) >= 11 is 0. The fourth-order valence-electron chi connectivity index (χ4n) is 2.68. The van der Waals surface area contributed by atoms with Gasteiger partial charge < -0.3 is 9.64 Å². The summed E-state index contributed by atoms with van der Waals surface area (Å²) in [6.45, 7) is 8.08. The van der Waals surface area contributed by atoms with Crippen molar-refractivity contribution in [1.82, 2.24) is 4.90 Å². The van der Waals surface area contributed by atoms with E-state index in [0.29, 0.717) is 5.41 Å². The van der Waals surface area contributed by atoms with Gasteiger partial charge in [0.15, 0.2) is 0 Å². The van der Waals surface area contributed by atoms with Crippen molar-refractivity contribution in [2.75, 3.05) is 27.7 Å². The molecule has 0 amide bonds. The Morgan fingerprint density at radius 1 is 1.09 bits per heavy atom. The second-order valence-electron chi connectivity index (χ2n) is 7.77. The zero-order chi connectivity index (χ0) is 16.6. The third-order valence-electron chi connectivity index (χ3n) is 4.10. The molecule has 1 aliphatic rings. The van der Waals surface area contributed by atoms with Gasteiger partial charge in [0, 0.05) is 0 Å². The molecule has 0 aromatic carbocycles. The molecular weight excluding hydrogens is 270 g/mol. The molecule has 0 aromatic rings. The van der Waals surface area contributed by atoms with E-state index in [1.807, 2.05) is 0 Å². The highest BCUT2D eigenvalue weighted by molar-refractivity contribution is 5.30. The zero-order valence-corrected chi connectivity index (χ0v) is 15.5. The summed E-state index contributed by atoms with van der Waals surface area (Å²) in [4.78, 5) is 2.26. The molecule has 0 saturated carbocycles. The third kappa shape index (κ3) is 7.84. The molecule has 0 bridgehead atoms. The quantitative estimate of drug-likeness (QED) is 0.589. The van der Waals surface area contributed by atoms with Crippen LogP contribution in [0, 0.1) is 5.41 Å². The average molecular weight is 306 g/mol. The SMILES string of the molecule is COC1=CC/C=C(/CCCN(C)C)C/C=C\1CCC(C)(C)C. The van der Waals surface area contributed by atoms with Gasteiger partial charge in [0.1, 0.15) is 5.76 Å². The molecule has 0 aliphatic heterocycles. The summed E-state index contributed by atoms with van der Waals surface area (Å²) in [5, 5.41) is 0. The highest BCUT2D eigenvalue weighted by atomic mass is 16.5. The molecule has 0 saturated heterocycles. The zero-order valence-electron chi connectivity index (χ0n) is 15.5. The highest BCUT2D eigenvalue weighted by Gasteiger charge is 2.14. The minimum Gasteiger partial charge on any atom is -0.497 e. The molecule has 126 valence electrons. The van der Waals surface area contributed by atoms with E-state index in [1.165, 1.54) is 24.8 Å². The van der Waals surface area contributed by atoms with Crippen molar-refractivity contribution in [3.05, 3.63) is 35.1 Å². The molecule has 0 atom stereocenters. The van der Waals surface area contributed by atoms with Crippen molar-refractivity contribution in [3.8, 4) is 0 Å². The van der Waals surface area contributed by atoms with Crippen LogP contribution in [0.4, 0.5) is 0 Å². The maximum Gasteiger partial charge on any atom is 0.118 e. The van der Waals surface area contributed by atoms with Crippen molar-refractivity contribution < 1.29 is 4.74 Å². The Labute approximate surface area is 137 Å². The first-order valence-electron chi connectivity index (χ1n) is 8.58. The van der Waals surface area contributed by atoms with Crippen LogP contribution in [-0.4, -0.2) is 32.6 Å². The van der Waals surface area contributed by atoms with Crippen LogP contribution < -0.4 is 0 Å². The first-order chi connectivity index (χ1) is 10.3. The first-order valence-corrected chi connectivity index (χ1v) is 8.58. The number of ether oxygens (including phenoxy) is 1. The third-order valence-corrected chi connectivity index (χ3v) is 4.10. The molecule has 2 nitrogen and oxygen atoms in total. The second-order valence-corrected chi connectivity index (χ2v) is 7.77. The van der Waals surface area contributed by atoms with E-state index in [1.54, 1.807) is 12.7 Å². The molecule has 0 N–H and O–H groups in total. The molecule has 1 aliphatic carbocycles. The lowest BCUT2D eigenvalue weighted by Gasteiger charge is -2.21. The largest absolute Gasteiger partial charge is 0.497 e. The maximum absolute atomic E-state index is 5.61. The average Bonchev–Trinajstić information content (AvgIpc) is 2.39. The number of nitrogens with zero attached hydrogens (tertiary/aromatic N) is 1. The molecule has 0 radical (unpaired) electrons. The van der Waals surface area contributed by atoms with E-state index in [9.17, 15) is 0 Å². The fourth-order valence-corrected chi connectivity index (χ4v) is 2.68. The summed E-state index contributed by atoms with van der Waals surface area (Å²) < 4.78 is 5.61. The molecular formula is C20H35NO. The Bertz CT molecular complexity index is 421. The van der Waals surface area contributed by atoms with Gasteiger partial charge in [0.25, 0.3) is 0 Å². The van der Waals surface area contributed by atoms with E-state index in [4.69, 9.17) is 4.74 Å². The van der Waals surface area contributed by atoms with Crippen LogP contribution in [-0.2, 0) is 4.74 Å². The van der Waals surface area contributed by atoms with Crippen LogP contribution in [0.1, 0.15) is 59.3 Å². The van der Waals surface area contributed by atoms with Crippen LogP contribution in [0.15, 0.2) is 35.1 Å². The summed E-state index contributed by atoms with van der Waals surface area (Å²) in [5.74, 6) is 1.08. The Morgan fingerprint density at radius 2 is 1.82 bits per heavy atom. The molecule has 2 heteroatoms. The summed E-state index contributed by atoms with van der Waals surface area (Å²) in [5.41, 5.74) is 3.32. The van der Waals surface area contributed by atoms with Crippen LogP contribution in [0.25, 0.3) is 0 Å². The van der Waals surface area contributed by atoms with E-state index >= 15 is 0 Å². The standard InChI is InChI=1S/C20H35NO/c1-20(2,3)15-14-18-13-12-17(10-8-16-21(4)5)9-7-11-19(18)22-6/h9,11,13H,7-8,10,12,14-16H2,1-6H3/b17-9-,18-13-,19-11?. The summed E-state index contributed by atoms with van der Waals surface area (Å²) in [7, 11) is 6.08. The topological polar surface area (TPSA) is 12.5 Å². The maximum atomic E-state index is 5.61. The van der Waals surface area contributed by atoms with Gasteiger partial charge in [-0.15, -0.1) is 0 Å². The van der Waals surface area contributed by atoms with Gasteiger partial charge in [-0.3, -0.25) is 0 Å². The van der Waals surface area contributed by atoms with Crippen molar-refractivity contribution in [3.63, 3.8) is 0 Å². The predicted octanol–water partition coefficient (Wildman–Crippen LogP) is 5.33. The molecule has 0 unspecified atom stereocenters. The van der Waals surface area contributed by atoms with Crippen molar-refractivity contribution in [2.45, 2.75) is 59.3 Å². The van der Waals surface area contributed by atoms with E-state index < -0.39 is 0 Å². The Balaban J connectivity index is 2.68. The Hall–Kier alpha value is -1.02. The number of hydrogen-bond donors (Lipinski definition) is 0. The van der Waals surface area contributed by atoms with Crippen LogP contribution >= 0.6 is 0 Å². The monoisotopic (exact) mass is 305 g/mol. The number of methoxy groups -OCH3 is 1. The highest BCUT2D eigenvalue weighted by Crippen LogP contribution is 2.29. The van der Waals surface area contributed by atoms with Crippen LogP contribution in [0.5, 0.6) is 0 Å². The Morgan fingerprint density at radius 3 is 2.41 bits per heavy atom. The van der Waals surface area contributed by atoms with Crippen LogP contribution in [0.3, 0.4) is 0 Å². The molecule has 0 aromatic heterocycles. The molecule has 22 heavy (non-hydrogen) atoms. The van der Waals surface area contributed by atoms with E-state index in [-0.39, 0.29) is 0 Å². The summed E-state index contributed by atoms with van der Waals surface area (Å²) in [6.07, 6.45) is 13.8. The van der Waals surface area contributed by atoms with E-state index in [2.05, 4.69) is 58.0 Å². The predicted molar refractivity (Wildman–Crippen MR) is 97.0 cm³/mol. The minimum atomic E-state index is 0.367. The molecule has 0 spiro atoms. The minimum absolute atomic E-state index is 0.367. The normalized spacial score (nSPS) is 21.3. The molecule has 0 fully saturated rings. The van der Waals surface area contributed by atoms with Gasteiger partial charge in [-0.25, -0.2) is 0 Å². The lowest BCUT2D eigenvalue weighted by atomic mass is 9.87. The van der Waals surface area contributed by atoms with E-state index in [0.717, 1.165) is 31.6 Å². The second kappa shape index (κ2) is 9.19. The number of hydrogen-bond acceptors (Lipinski definition) is 2. The van der Waals surface area contributed by atoms with Gasteiger partial charge in [0.2, 0.25) is 0 Å². The van der Waals surface area contributed by atoms with Crippen LogP contribution in [0.2, 0.25) is 0 Å². The molecule has 1 rings (SSSR count). The van der Waals surface area contributed by atoms with Crippen molar-refractivity contribution >= 4 is 0 Å². The van der Waals surface area contributed by atoms with Gasteiger partial charge in [-0.1, -0.05) is 38.5 Å². The van der Waals surface area contributed by atoms with Crippen molar-refractivity contribution in [2.24, 2.45) is 5.41 Å².